The lowest BCUT2D eigenvalue weighted by Crippen LogP contribution is -2.31. The van der Waals surface area contributed by atoms with E-state index in [1.807, 2.05) is 30.3 Å². The van der Waals surface area contributed by atoms with Crippen LogP contribution in [-0.2, 0) is 4.79 Å². The summed E-state index contributed by atoms with van der Waals surface area (Å²) in [5.74, 6) is 0.344. The predicted molar refractivity (Wildman–Crippen MR) is 109 cm³/mol. The predicted octanol–water partition coefficient (Wildman–Crippen LogP) is 3.73. The number of aromatic nitrogens is 3. The molecule has 4 heterocycles. The van der Waals surface area contributed by atoms with E-state index < -0.39 is 0 Å². The van der Waals surface area contributed by atoms with E-state index in [1.165, 1.54) is 5.01 Å². The number of amides is 1. The van der Waals surface area contributed by atoms with Crippen LogP contribution in [0.4, 0.5) is 0 Å². The minimum atomic E-state index is -0.350. The number of rotatable bonds is 5. The van der Waals surface area contributed by atoms with E-state index in [4.69, 9.17) is 20.8 Å². The number of ether oxygens (including phenoxy) is 1. The summed E-state index contributed by atoms with van der Waals surface area (Å²) < 4.78 is 12.9. The van der Waals surface area contributed by atoms with Crippen molar-refractivity contribution in [2.45, 2.75) is 12.5 Å². The van der Waals surface area contributed by atoms with Crippen LogP contribution in [0.5, 0.6) is 6.01 Å². The maximum Gasteiger partial charge on any atom is 0.322 e. The largest absolute Gasteiger partial charge is 0.467 e. The minimum absolute atomic E-state index is 0.232. The van der Waals surface area contributed by atoms with Gasteiger partial charge in [0, 0.05) is 17.6 Å². The number of halogens is 1. The van der Waals surface area contributed by atoms with Crippen molar-refractivity contribution in [3.05, 3.63) is 83.4 Å². The second kappa shape index (κ2) is 7.64. The van der Waals surface area contributed by atoms with Gasteiger partial charge in [0.25, 0.3) is 5.91 Å². The van der Waals surface area contributed by atoms with Crippen LogP contribution in [0.2, 0.25) is 5.02 Å². The molecule has 0 saturated carbocycles. The fourth-order valence-electron chi connectivity index (χ4n) is 3.37. The Labute approximate surface area is 176 Å². The summed E-state index contributed by atoms with van der Waals surface area (Å²) in [6.07, 6.45) is 3.87. The number of furan rings is 1. The van der Waals surface area contributed by atoms with Crippen molar-refractivity contribution in [3.8, 4) is 6.01 Å². The molecule has 150 valence electrons. The lowest BCUT2D eigenvalue weighted by Gasteiger charge is -2.19. The van der Waals surface area contributed by atoms with Crippen LogP contribution in [0.15, 0.2) is 76.6 Å². The quantitative estimate of drug-likeness (QED) is 0.490. The average Bonchev–Trinajstić information content (AvgIpc) is 3.51. The minimum Gasteiger partial charge on any atom is -0.467 e. The molecular formula is C21H16ClN5O3. The van der Waals surface area contributed by atoms with Gasteiger partial charge in [0.1, 0.15) is 11.8 Å². The first-order valence-corrected chi connectivity index (χ1v) is 9.68. The molecule has 0 aliphatic carbocycles. The number of nitrogens with zero attached hydrogens (tertiary/aromatic N) is 5. The summed E-state index contributed by atoms with van der Waals surface area (Å²) in [7, 11) is 0. The van der Waals surface area contributed by atoms with Crippen LogP contribution in [0, 0.1) is 0 Å². The SMILES string of the molecule is O=C(COc1nnc2ccccn12)N1N=C(c2ccc(Cl)cc2)CC1c1ccco1. The molecule has 0 spiro atoms. The number of fused-ring (bicyclic) bond motifs is 1. The van der Waals surface area contributed by atoms with E-state index >= 15 is 0 Å². The van der Waals surface area contributed by atoms with E-state index in [0.29, 0.717) is 22.9 Å². The third-order valence-electron chi connectivity index (χ3n) is 4.82. The van der Waals surface area contributed by atoms with E-state index in [0.717, 1.165) is 11.3 Å². The van der Waals surface area contributed by atoms with Crippen LogP contribution in [0.1, 0.15) is 23.8 Å². The fourth-order valence-corrected chi connectivity index (χ4v) is 3.50. The van der Waals surface area contributed by atoms with Gasteiger partial charge in [-0.15, -0.1) is 5.10 Å². The summed E-state index contributed by atoms with van der Waals surface area (Å²) in [6, 6.07) is 16.4. The molecule has 1 aliphatic rings. The highest BCUT2D eigenvalue weighted by Crippen LogP contribution is 2.33. The summed E-state index contributed by atoms with van der Waals surface area (Å²) in [6.45, 7) is -0.232. The van der Waals surface area contributed by atoms with Crippen LogP contribution >= 0.6 is 11.6 Å². The molecule has 3 aromatic heterocycles. The molecule has 8 nitrogen and oxygen atoms in total. The first kappa shape index (κ1) is 18.4. The third-order valence-corrected chi connectivity index (χ3v) is 5.07. The van der Waals surface area contributed by atoms with Crippen molar-refractivity contribution in [2.75, 3.05) is 6.61 Å². The van der Waals surface area contributed by atoms with Gasteiger partial charge in [0.15, 0.2) is 12.3 Å². The van der Waals surface area contributed by atoms with Crippen LogP contribution in [0.25, 0.3) is 5.65 Å². The Balaban J connectivity index is 1.38. The summed E-state index contributed by atoms with van der Waals surface area (Å²) in [4.78, 5) is 13.0. The van der Waals surface area contributed by atoms with Crippen LogP contribution in [0.3, 0.4) is 0 Å². The summed E-state index contributed by atoms with van der Waals surface area (Å²) >= 11 is 5.99. The van der Waals surface area contributed by atoms with Gasteiger partial charge in [-0.05, 0) is 42.0 Å². The second-order valence-electron chi connectivity index (χ2n) is 6.73. The molecule has 0 saturated heterocycles. The fraction of sp³-hybridized carbons (Fsp3) is 0.143. The Morgan fingerprint density at radius 1 is 1.13 bits per heavy atom. The Kier molecular flexibility index (Phi) is 4.68. The number of hydrogen-bond acceptors (Lipinski definition) is 6. The van der Waals surface area contributed by atoms with Crippen LogP contribution < -0.4 is 4.74 Å². The van der Waals surface area contributed by atoms with Crippen LogP contribution in [-0.4, -0.2) is 37.8 Å². The van der Waals surface area contributed by atoms with Crippen molar-refractivity contribution in [3.63, 3.8) is 0 Å². The number of benzene rings is 1. The number of hydrogen-bond donors (Lipinski definition) is 0. The van der Waals surface area contributed by atoms with Crippen molar-refractivity contribution in [1.29, 1.82) is 0 Å². The monoisotopic (exact) mass is 421 g/mol. The second-order valence-corrected chi connectivity index (χ2v) is 7.16. The number of hydrazone groups is 1. The third kappa shape index (κ3) is 3.42. The molecule has 9 heteroatoms. The van der Waals surface area contributed by atoms with Crippen molar-refractivity contribution >= 4 is 28.9 Å². The van der Waals surface area contributed by atoms with Gasteiger partial charge in [-0.25, -0.2) is 5.01 Å². The first-order valence-electron chi connectivity index (χ1n) is 9.30. The van der Waals surface area contributed by atoms with E-state index in [-0.39, 0.29) is 24.6 Å². The molecule has 0 N–H and O–H groups in total. The normalized spacial score (nSPS) is 16.1. The standard InChI is InChI=1S/C21H16ClN5O3/c22-15-8-6-14(7-9-15)16-12-17(18-4-3-11-29-18)27(25-16)20(28)13-30-21-24-23-19-5-1-2-10-26(19)21/h1-11,17H,12-13H2. The molecule has 1 atom stereocenters. The Morgan fingerprint density at radius 2 is 2.00 bits per heavy atom. The molecule has 1 amide bonds. The molecule has 0 radical (unpaired) electrons. The first-order chi connectivity index (χ1) is 14.7. The number of pyridine rings is 1. The van der Waals surface area contributed by atoms with Gasteiger partial charge in [-0.3, -0.25) is 9.20 Å². The van der Waals surface area contributed by atoms with E-state index in [1.54, 1.807) is 41.1 Å². The summed E-state index contributed by atoms with van der Waals surface area (Å²) in [5, 5.41) is 14.6. The highest BCUT2D eigenvalue weighted by molar-refractivity contribution is 6.30. The highest BCUT2D eigenvalue weighted by Gasteiger charge is 2.35. The highest BCUT2D eigenvalue weighted by atomic mass is 35.5. The molecule has 1 aromatic carbocycles. The van der Waals surface area contributed by atoms with Gasteiger partial charge >= 0.3 is 6.01 Å². The maximum absolute atomic E-state index is 13.0. The van der Waals surface area contributed by atoms with E-state index in [9.17, 15) is 4.79 Å². The smallest absolute Gasteiger partial charge is 0.322 e. The van der Waals surface area contributed by atoms with Gasteiger partial charge in [0.05, 0.1) is 12.0 Å². The zero-order valence-electron chi connectivity index (χ0n) is 15.7. The molecule has 30 heavy (non-hydrogen) atoms. The molecule has 5 rings (SSSR count). The Bertz CT molecular complexity index is 1220. The maximum atomic E-state index is 13.0. The molecule has 0 bridgehead atoms. The van der Waals surface area contributed by atoms with Crippen molar-refractivity contribution in [2.24, 2.45) is 5.10 Å². The lowest BCUT2D eigenvalue weighted by molar-refractivity contribution is -0.135. The average molecular weight is 422 g/mol. The molecular weight excluding hydrogens is 406 g/mol. The van der Waals surface area contributed by atoms with Crippen molar-refractivity contribution in [1.82, 2.24) is 19.6 Å². The van der Waals surface area contributed by atoms with Gasteiger partial charge in [-0.2, -0.15) is 5.10 Å². The Morgan fingerprint density at radius 3 is 2.80 bits per heavy atom. The zero-order valence-corrected chi connectivity index (χ0v) is 16.4. The topological polar surface area (TPSA) is 85.2 Å². The van der Waals surface area contributed by atoms with Gasteiger partial charge < -0.3 is 9.15 Å². The van der Waals surface area contributed by atoms with Gasteiger partial charge in [-0.1, -0.05) is 34.9 Å². The zero-order chi connectivity index (χ0) is 20.5. The molecule has 1 aliphatic heterocycles. The van der Waals surface area contributed by atoms with Crippen molar-refractivity contribution < 1.29 is 13.9 Å². The number of carbonyl (C=O) groups excluding carboxylic acids is 1. The molecule has 1 unspecified atom stereocenters. The number of carbonyl (C=O) groups is 1. The van der Waals surface area contributed by atoms with E-state index in [2.05, 4.69) is 15.3 Å². The molecule has 0 fully saturated rings. The summed E-state index contributed by atoms with van der Waals surface area (Å²) in [5.41, 5.74) is 2.31. The Hall–Kier alpha value is -3.65. The lowest BCUT2D eigenvalue weighted by atomic mass is 10.0. The molecule has 4 aromatic rings. The van der Waals surface area contributed by atoms with Gasteiger partial charge in [0.2, 0.25) is 0 Å².